The summed E-state index contributed by atoms with van der Waals surface area (Å²) in [6.07, 6.45) is 0. The summed E-state index contributed by atoms with van der Waals surface area (Å²) in [5, 5.41) is 1.34. The van der Waals surface area contributed by atoms with Crippen LogP contribution in [0.3, 0.4) is 0 Å². The molecule has 1 aliphatic heterocycles. The quantitative estimate of drug-likeness (QED) is 0.673. The molecule has 0 N–H and O–H groups in total. The second-order valence-corrected chi connectivity index (χ2v) is 7.03. The topological polar surface area (TPSA) is 53.8 Å². The SMILES string of the molecule is Cc1c(C(=O)N2CCN(C(=O)c3ccccc3)CC2)oc2c(Cl)cccc12. The number of fused-ring (bicyclic) bond motifs is 1. The molecule has 0 unspecified atom stereocenters. The molecule has 2 aromatic carbocycles. The van der Waals surface area contributed by atoms with Crippen molar-refractivity contribution in [1.82, 2.24) is 9.80 Å². The number of nitrogens with zero attached hydrogens (tertiary/aromatic N) is 2. The second-order valence-electron chi connectivity index (χ2n) is 6.62. The number of rotatable bonds is 2. The zero-order chi connectivity index (χ0) is 19.0. The smallest absolute Gasteiger partial charge is 0.290 e. The molecule has 5 nitrogen and oxygen atoms in total. The van der Waals surface area contributed by atoms with Crippen molar-refractivity contribution in [1.29, 1.82) is 0 Å². The van der Waals surface area contributed by atoms with Crippen LogP contribution in [0, 0.1) is 6.92 Å². The first-order chi connectivity index (χ1) is 13.1. The average Bonchev–Trinajstić information content (AvgIpc) is 3.06. The Balaban J connectivity index is 1.49. The van der Waals surface area contributed by atoms with Crippen LogP contribution in [-0.2, 0) is 0 Å². The fraction of sp³-hybridized carbons (Fsp3) is 0.238. The van der Waals surface area contributed by atoms with E-state index in [1.807, 2.05) is 37.3 Å². The Morgan fingerprint density at radius 1 is 0.889 bits per heavy atom. The molecule has 1 fully saturated rings. The maximum atomic E-state index is 12.9. The lowest BCUT2D eigenvalue weighted by molar-refractivity contribution is 0.0519. The molecular formula is C21H19ClN2O3. The van der Waals surface area contributed by atoms with Crippen LogP contribution in [0.15, 0.2) is 52.9 Å². The van der Waals surface area contributed by atoms with Gasteiger partial charge in [-0.25, -0.2) is 0 Å². The first kappa shape index (κ1) is 17.6. The molecule has 1 saturated heterocycles. The largest absolute Gasteiger partial charge is 0.449 e. The minimum absolute atomic E-state index is 0.00519. The van der Waals surface area contributed by atoms with Gasteiger partial charge in [-0.2, -0.15) is 0 Å². The summed E-state index contributed by atoms with van der Waals surface area (Å²) in [4.78, 5) is 29.0. The number of para-hydroxylation sites is 1. The number of aryl methyl sites for hydroxylation is 1. The standard InChI is InChI=1S/C21H19ClN2O3/c1-14-16-8-5-9-17(22)19(16)27-18(14)21(26)24-12-10-23(11-13-24)20(25)15-6-3-2-4-7-15/h2-9H,10-13H2,1H3. The summed E-state index contributed by atoms with van der Waals surface area (Å²) >= 11 is 6.18. The van der Waals surface area contributed by atoms with Crippen LogP contribution in [0.1, 0.15) is 26.5 Å². The zero-order valence-electron chi connectivity index (χ0n) is 14.9. The van der Waals surface area contributed by atoms with Crippen LogP contribution in [0.5, 0.6) is 0 Å². The number of piperazine rings is 1. The van der Waals surface area contributed by atoms with E-state index in [1.165, 1.54) is 0 Å². The van der Waals surface area contributed by atoms with Gasteiger partial charge in [-0.15, -0.1) is 0 Å². The molecule has 1 aromatic heterocycles. The number of hydrogen-bond acceptors (Lipinski definition) is 3. The van der Waals surface area contributed by atoms with E-state index in [4.69, 9.17) is 16.0 Å². The normalized spacial score (nSPS) is 14.6. The van der Waals surface area contributed by atoms with Crippen LogP contribution < -0.4 is 0 Å². The number of furan rings is 1. The number of hydrogen-bond donors (Lipinski definition) is 0. The first-order valence-electron chi connectivity index (χ1n) is 8.87. The lowest BCUT2D eigenvalue weighted by atomic mass is 10.1. The van der Waals surface area contributed by atoms with Gasteiger partial charge in [0.05, 0.1) is 5.02 Å². The van der Waals surface area contributed by atoms with Gasteiger partial charge in [-0.05, 0) is 25.1 Å². The molecule has 0 saturated carbocycles. The van der Waals surface area contributed by atoms with Crippen LogP contribution >= 0.6 is 11.6 Å². The Morgan fingerprint density at radius 2 is 1.52 bits per heavy atom. The lowest BCUT2D eigenvalue weighted by Gasteiger charge is -2.34. The monoisotopic (exact) mass is 382 g/mol. The van der Waals surface area contributed by atoms with E-state index in [1.54, 1.807) is 28.0 Å². The van der Waals surface area contributed by atoms with Crippen molar-refractivity contribution in [3.05, 3.63) is 70.4 Å². The van der Waals surface area contributed by atoms with Crippen molar-refractivity contribution in [2.45, 2.75) is 6.92 Å². The summed E-state index contributed by atoms with van der Waals surface area (Å²) in [6.45, 7) is 3.81. The van der Waals surface area contributed by atoms with E-state index in [0.29, 0.717) is 48.1 Å². The second kappa shape index (κ2) is 7.08. The molecule has 0 atom stereocenters. The van der Waals surface area contributed by atoms with Gasteiger partial charge in [0.1, 0.15) is 0 Å². The molecule has 27 heavy (non-hydrogen) atoms. The third-order valence-corrected chi connectivity index (χ3v) is 5.28. The number of carbonyl (C=O) groups excluding carboxylic acids is 2. The Bertz CT molecular complexity index is 1000. The van der Waals surface area contributed by atoms with E-state index in [9.17, 15) is 9.59 Å². The third-order valence-electron chi connectivity index (χ3n) is 4.98. The van der Waals surface area contributed by atoms with Crippen molar-refractivity contribution in [3.63, 3.8) is 0 Å². The van der Waals surface area contributed by atoms with E-state index in [2.05, 4.69) is 0 Å². The van der Waals surface area contributed by atoms with Gasteiger partial charge in [0.2, 0.25) is 0 Å². The molecule has 0 spiro atoms. The summed E-state index contributed by atoms with van der Waals surface area (Å²) in [5.41, 5.74) is 2.00. The highest BCUT2D eigenvalue weighted by Gasteiger charge is 2.28. The Morgan fingerprint density at radius 3 is 2.15 bits per heavy atom. The summed E-state index contributed by atoms with van der Waals surface area (Å²) in [6, 6.07) is 14.7. The maximum Gasteiger partial charge on any atom is 0.290 e. The fourth-order valence-corrected chi connectivity index (χ4v) is 3.65. The van der Waals surface area contributed by atoms with E-state index < -0.39 is 0 Å². The maximum absolute atomic E-state index is 12.9. The average molecular weight is 383 g/mol. The van der Waals surface area contributed by atoms with Gasteiger partial charge < -0.3 is 14.2 Å². The predicted molar refractivity (Wildman–Crippen MR) is 104 cm³/mol. The Labute approximate surface area is 162 Å². The van der Waals surface area contributed by atoms with Gasteiger partial charge >= 0.3 is 0 Å². The molecule has 6 heteroatoms. The van der Waals surface area contributed by atoms with Gasteiger partial charge in [0, 0.05) is 42.7 Å². The number of carbonyl (C=O) groups is 2. The minimum atomic E-state index is -0.161. The van der Waals surface area contributed by atoms with E-state index in [-0.39, 0.29) is 11.8 Å². The molecule has 0 bridgehead atoms. The van der Waals surface area contributed by atoms with Crippen LogP contribution in [0.25, 0.3) is 11.0 Å². The molecule has 2 amide bonds. The first-order valence-corrected chi connectivity index (χ1v) is 9.25. The van der Waals surface area contributed by atoms with Crippen molar-refractivity contribution in [2.24, 2.45) is 0 Å². The van der Waals surface area contributed by atoms with Crippen molar-refractivity contribution >= 4 is 34.4 Å². The van der Waals surface area contributed by atoms with Crippen LogP contribution in [0.4, 0.5) is 0 Å². The van der Waals surface area contributed by atoms with Crippen molar-refractivity contribution in [3.8, 4) is 0 Å². The molecule has 1 aliphatic rings. The van der Waals surface area contributed by atoms with Crippen molar-refractivity contribution < 1.29 is 14.0 Å². The molecular weight excluding hydrogens is 364 g/mol. The third kappa shape index (κ3) is 3.19. The van der Waals surface area contributed by atoms with Gasteiger partial charge in [-0.3, -0.25) is 9.59 Å². The molecule has 3 aromatic rings. The predicted octanol–water partition coefficient (Wildman–Crippen LogP) is 3.99. The van der Waals surface area contributed by atoms with E-state index >= 15 is 0 Å². The summed E-state index contributed by atoms with van der Waals surface area (Å²) in [7, 11) is 0. The Kier molecular flexibility index (Phi) is 4.62. The summed E-state index contributed by atoms with van der Waals surface area (Å²) in [5.74, 6) is 0.155. The minimum Gasteiger partial charge on any atom is -0.449 e. The highest BCUT2D eigenvalue weighted by atomic mass is 35.5. The van der Waals surface area contributed by atoms with Crippen molar-refractivity contribution in [2.75, 3.05) is 26.2 Å². The lowest BCUT2D eigenvalue weighted by Crippen LogP contribution is -2.50. The summed E-state index contributed by atoms with van der Waals surface area (Å²) < 4.78 is 5.78. The van der Waals surface area contributed by atoms with Gasteiger partial charge in [0.15, 0.2) is 11.3 Å². The Hall–Kier alpha value is -2.79. The fourth-order valence-electron chi connectivity index (χ4n) is 3.43. The molecule has 4 rings (SSSR count). The highest BCUT2D eigenvalue weighted by molar-refractivity contribution is 6.35. The highest BCUT2D eigenvalue weighted by Crippen LogP contribution is 2.31. The molecule has 0 radical (unpaired) electrons. The van der Waals surface area contributed by atoms with Crippen LogP contribution in [0.2, 0.25) is 5.02 Å². The number of halogens is 1. The van der Waals surface area contributed by atoms with Gasteiger partial charge in [-0.1, -0.05) is 41.9 Å². The molecule has 2 heterocycles. The molecule has 138 valence electrons. The van der Waals surface area contributed by atoms with Crippen LogP contribution in [-0.4, -0.2) is 47.8 Å². The number of amides is 2. The molecule has 0 aliphatic carbocycles. The number of benzene rings is 2. The zero-order valence-corrected chi connectivity index (χ0v) is 15.7. The van der Waals surface area contributed by atoms with E-state index in [0.717, 1.165) is 10.9 Å². The van der Waals surface area contributed by atoms with Gasteiger partial charge in [0.25, 0.3) is 11.8 Å².